The average Bonchev–Trinajstić information content (AvgIpc) is 3.24. The number of fused-ring (bicyclic) bond motifs is 2. The molecular formula is C18H21N3O4S. The molecule has 26 heavy (non-hydrogen) atoms. The maximum absolute atomic E-state index is 12.8. The molecule has 0 unspecified atom stereocenters. The highest BCUT2D eigenvalue weighted by Crippen LogP contribution is 2.49. The van der Waals surface area contributed by atoms with Crippen LogP contribution in [0.4, 0.5) is 10.5 Å². The lowest BCUT2D eigenvalue weighted by Crippen LogP contribution is -2.38. The third-order valence-electron chi connectivity index (χ3n) is 5.64. The topological polar surface area (TPSA) is 91.8 Å². The molecule has 8 heteroatoms. The van der Waals surface area contributed by atoms with Crippen molar-refractivity contribution in [2.75, 3.05) is 25.5 Å². The van der Waals surface area contributed by atoms with Crippen molar-refractivity contribution in [2.45, 2.75) is 26.2 Å². The number of likely N-dealkylation sites (tertiary alicyclic amines) is 1. The molecule has 0 spiro atoms. The smallest absolute Gasteiger partial charge is 0.321 e. The van der Waals surface area contributed by atoms with Crippen LogP contribution >= 0.6 is 11.3 Å². The lowest BCUT2D eigenvalue weighted by Gasteiger charge is -2.23. The summed E-state index contributed by atoms with van der Waals surface area (Å²) in [6, 6.07) is 3.39. The zero-order valence-corrected chi connectivity index (χ0v) is 15.6. The molecule has 0 bridgehead atoms. The van der Waals surface area contributed by atoms with Crippen LogP contribution < -0.4 is 10.1 Å². The number of carbonyl (C=O) groups is 2. The average molecular weight is 375 g/mol. The van der Waals surface area contributed by atoms with Crippen LogP contribution in [0.2, 0.25) is 0 Å². The molecule has 2 aromatic rings. The van der Waals surface area contributed by atoms with Gasteiger partial charge in [-0.25, -0.2) is 9.78 Å². The summed E-state index contributed by atoms with van der Waals surface area (Å²) < 4.78 is 6.37. The Bertz CT molecular complexity index is 896. The monoisotopic (exact) mass is 375 g/mol. The molecule has 1 aromatic heterocycles. The summed E-state index contributed by atoms with van der Waals surface area (Å²) in [7, 11) is 1.55. The highest BCUT2D eigenvalue weighted by Gasteiger charge is 2.55. The van der Waals surface area contributed by atoms with E-state index in [1.54, 1.807) is 23.3 Å². The fraction of sp³-hybridized carbons (Fsp3) is 0.500. The number of carboxylic acids is 1. The van der Waals surface area contributed by atoms with Gasteiger partial charge in [0.1, 0.15) is 5.75 Å². The van der Waals surface area contributed by atoms with Gasteiger partial charge >= 0.3 is 12.0 Å². The third kappa shape index (κ3) is 2.59. The first-order valence-electron chi connectivity index (χ1n) is 8.67. The number of thiazole rings is 1. The Kier molecular flexibility index (Phi) is 4.02. The van der Waals surface area contributed by atoms with E-state index in [1.165, 1.54) is 0 Å². The minimum atomic E-state index is -0.783. The second-order valence-corrected chi connectivity index (χ2v) is 8.35. The number of anilines is 1. The first-order chi connectivity index (χ1) is 12.4. The highest BCUT2D eigenvalue weighted by atomic mass is 32.1. The number of carbonyl (C=O) groups excluding carboxylic acids is 1. The normalized spacial score (nSPS) is 24.7. The Labute approximate surface area is 155 Å². The van der Waals surface area contributed by atoms with E-state index in [0.717, 1.165) is 28.1 Å². The van der Waals surface area contributed by atoms with Gasteiger partial charge in [-0.3, -0.25) is 4.79 Å². The zero-order chi connectivity index (χ0) is 18.5. The molecule has 2 N–H and O–H groups in total. The number of aromatic nitrogens is 1. The fourth-order valence-electron chi connectivity index (χ4n) is 4.32. The van der Waals surface area contributed by atoms with E-state index in [4.69, 9.17) is 4.74 Å². The molecule has 7 nitrogen and oxygen atoms in total. The van der Waals surface area contributed by atoms with Gasteiger partial charge in [0, 0.05) is 19.2 Å². The molecule has 2 amide bonds. The number of methoxy groups -OCH3 is 1. The quantitative estimate of drug-likeness (QED) is 0.858. The van der Waals surface area contributed by atoms with Crippen molar-refractivity contribution in [1.29, 1.82) is 0 Å². The number of hydrogen-bond donors (Lipinski definition) is 2. The number of ether oxygens (including phenoxy) is 1. The fourth-order valence-corrected chi connectivity index (χ4v) is 5.17. The van der Waals surface area contributed by atoms with Crippen LogP contribution in [0, 0.1) is 18.3 Å². The van der Waals surface area contributed by atoms with Crippen LogP contribution in [0.15, 0.2) is 12.1 Å². The first-order valence-corrected chi connectivity index (χ1v) is 9.49. The van der Waals surface area contributed by atoms with Crippen LogP contribution in [-0.4, -0.2) is 47.2 Å². The molecule has 2 heterocycles. The lowest BCUT2D eigenvalue weighted by molar-refractivity contribution is -0.149. The molecule has 138 valence electrons. The molecular weight excluding hydrogens is 354 g/mol. The Morgan fingerprint density at radius 3 is 2.96 bits per heavy atom. The number of nitrogens with one attached hydrogen (secondary N) is 1. The van der Waals surface area contributed by atoms with Crippen molar-refractivity contribution in [3.8, 4) is 5.75 Å². The van der Waals surface area contributed by atoms with Crippen molar-refractivity contribution in [1.82, 2.24) is 9.88 Å². The van der Waals surface area contributed by atoms with Crippen molar-refractivity contribution in [2.24, 2.45) is 11.3 Å². The Morgan fingerprint density at radius 2 is 2.27 bits per heavy atom. The number of rotatable bonds is 3. The second kappa shape index (κ2) is 6.12. The number of urea groups is 1. The minimum absolute atomic E-state index is 0.0410. The summed E-state index contributed by atoms with van der Waals surface area (Å²) in [5, 5.41) is 13.5. The molecule has 2 atom stereocenters. The number of hydrogen-bond acceptors (Lipinski definition) is 5. The van der Waals surface area contributed by atoms with Gasteiger partial charge in [0.15, 0.2) is 0 Å². The van der Waals surface area contributed by atoms with E-state index in [1.807, 2.05) is 19.1 Å². The molecule has 1 aliphatic heterocycles. The summed E-state index contributed by atoms with van der Waals surface area (Å²) in [6.07, 6.45) is 2.43. The van der Waals surface area contributed by atoms with Crippen molar-refractivity contribution >= 4 is 39.2 Å². The number of aliphatic carboxylic acids is 1. The molecule has 2 fully saturated rings. The van der Waals surface area contributed by atoms with Gasteiger partial charge in [-0.15, -0.1) is 11.3 Å². The molecule has 4 rings (SSSR count). The van der Waals surface area contributed by atoms with Crippen LogP contribution in [0.1, 0.15) is 24.3 Å². The van der Waals surface area contributed by atoms with Gasteiger partial charge in [0.2, 0.25) is 0 Å². The maximum Gasteiger partial charge on any atom is 0.321 e. The van der Waals surface area contributed by atoms with Gasteiger partial charge in [-0.05, 0) is 31.7 Å². The van der Waals surface area contributed by atoms with Crippen molar-refractivity contribution < 1.29 is 19.4 Å². The van der Waals surface area contributed by atoms with Crippen LogP contribution in [0.5, 0.6) is 5.75 Å². The third-order valence-corrected chi connectivity index (χ3v) is 6.58. The molecule has 1 saturated heterocycles. The Hall–Kier alpha value is -2.35. The van der Waals surface area contributed by atoms with Crippen LogP contribution in [0.3, 0.4) is 0 Å². The number of carboxylic acid groups (broad SMARTS) is 1. The molecule has 1 saturated carbocycles. The minimum Gasteiger partial charge on any atom is -0.494 e. The molecule has 1 aromatic carbocycles. The predicted octanol–water partition coefficient (Wildman–Crippen LogP) is 3.33. The molecule has 1 aliphatic carbocycles. The zero-order valence-electron chi connectivity index (χ0n) is 14.7. The highest BCUT2D eigenvalue weighted by molar-refractivity contribution is 7.18. The second-order valence-electron chi connectivity index (χ2n) is 7.11. The van der Waals surface area contributed by atoms with Gasteiger partial charge in [-0.1, -0.05) is 6.42 Å². The van der Waals surface area contributed by atoms with E-state index in [-0.39, 0.29) is 18.5 Å². The van der Waals surface area contributed by atoms with E-state index in [9.17, 15) is 14.7 Å². The van der Waals surface area contributed by atoms with Crippen LogP contribution in [-0.2, 0) is 4.79 Å². The number of aryl methyl sites for hydroxylation is 1. The van der Waals surface area contributed by atoms with E-state index >= 15 is 0 Å². The summed E-state index contributed by atoms with van der Waals surface area (Å²) in [4.78, 5) is 30.6. The lowest BCUT2D eigenvalue weighted by atomic mass is 9.81. The van der Waals surface area contributed by atoms with E-state index < -0.39 is 11.4 Å². The van der Waals surface area contributed by atoms with Gasteiger partial charge in [0.25, 0.3) is 0 Å². The van der Waals surface area contributed by atoms with Crippen LogP contribution in [0.25, 0.3) is 10.2 Å². The SMILES string of the molecule is COc1cc2nc(C)sc2cc1NC(=O)N1C[C@@H]2CCC[C@@]2(C(=O)O)C1. The first kappa shape index (κ1) is 17.1. The van der Waals surface area contributed by atoms with E-state index in [2.05, 4.69) is 10.3 Å². The van der Waals surface area contributed by atoms with Crippen molar-refractivity contribution in [3.63, 3.8) is 0 Å². The van der Waals surface area contributed by atoms with Gasteiger partial charge in [0.05, 0.1) is 33.4 Å². The standard InChI is InChI=1S/C18H21N3O4S/c1-10-19-13-6-14(25-2)12(7-15(13)26-10)20-17(24)21-8-11-4-3-5-18(11,9-21)16(22)23/h6-7,11H,3-5,8-9H2,1-2H3,(H,20,24)(H,22,23)/t11-,18+/m0/s1. The number of nitrogens with zero attached hydrogens (tertiary/aromatic N) is 2. The summed E-state index contributed by atoms with van der Waals surface area (Å²) >= 11 is 1.55. The number of amides is 2. The Morgan fingerprint density at radius 1 is 1.46 bits per heavy atom. The number of benzene rings is 1. The maximum atomic E-state index is 12.8. The summed E-state index contributed by atoms with van der Waals surface area (Å²) in [5.74, 6) is -0.197. The summed E-state index contributed by atoms with van der Waals surface area (Å²) in [6.45, 7) is 2.69. The van der Waals surface area contributed by atoms with Gasteiger partial charge < -0.3 is 20.1 Å². The Balaban J connectivity index is 1.57. The molecule has 0 radical (unpaired) electrons. The van der Waals surface area contributed by atoms with Crippen molar-refractivity contribution in [3.05, 3.63) is 17.1 Å². The molecule has 2 aliphatic rings. The summed E-state index contributed by atoms with van der Waals surface area (Å²) in [5.41, 5.74) is 0.637. The predicted molar refractivity (Wildman–Crippen MR) is 98.9 cm³/mol. The van der Waals surface area contributed by atoms with Gasteiger partial charge in [-0.2, -0.15) is 0 Å². The largest absolute Gasteiger partial charge is 0.494 e. The van der Waals surface area contributed by atoms with E-state index in [0.29, 0.717) is 24.4 Å².